The third kappa shape index (κ3) is 4.94. The van der Waals surface area contributed by atoms with Gasteiger partial charge in [-0.15, -0.1) is 0 Å². The van der Waals surface area contributed by atoms with Crippen molar-refractivity contribution < 1.29 is 19.4 Å². The van der Waals surface area contributed by atoms with Crippen LogP contribution in [0.4, 0.5) is 0 Å². The van der Waals surface area contributed by atoms with Crippen molar-refractivity contribution in [1.29, 1.82) is 0 Å². The number of morpholine rings is 1. The zero-order valence-corrected chi connectivity index (χ0v) is 14.0. The summed E-state index contributed by atoms with van der Waals surface area (Å²) < 4.78 is 5.84. The van der Waals surface area contributed by atoms with E-state index in [1.54, 1.807) is 0 Å². The molecule has 23 heavy (non-hydrogen) atoms. The lowest BCUT2D eigenvalue weighted by Crippen LogP contribution is -2.48. The maximum atomic E-state index is 12.4. The Kier molecular flexibility index (Phi) is 6.42. The van der Waals surface area contributed by atoms with Crippen molar-refractivity contribution in [1.82, 2.24) is 4.90 Å². The van der Waals surface area contributed by atoms with Crippen molar-refractivity contribution in [2.45, 2.75) is 44.8 Å². The van der Waals surface area contributed by atoms with E-state index in [-0.39, 0.29) is 24.5 Å². The number of carbonyl (C=O) groups is 2. The van der Waals surface area contributed by atoms with Crippen molar-refractivity contribution >= 4 is 23.5 Å². The van der Waals surface area contributed by atoms with E-state index in [1.165, 1.54) is 0 Å². The van der Waals surface area contributed by atoms with E-state index >= 15 is 0 Å². The molecule has 0 radical (unpaired) electrons. The summed E-state index contributed by atoms with van der Waals surface area (Å²) in [5.74, 6) is -0.779. The van der Waals surface area contributed by atoms with Gasteiger partial charge >= 0.3 is 5.97 Å². The molecule has 1 heterocycles. The van der Waals surface area contributed by atoms with Gasteiger partial charge in [0.15, 0.2) is 0 Å². The first-order valence-corrected chi connectivity index (χ1v) is 8.24. The van der Waals surface area contributed by atoms with Gasteiger partial charge in [-0.25, -0.2) is 0 Å². The number of nitrogens with zero attached hydrogens (tertiary/aromatic N) is 1. The second kappa shape index (κ2) is 8.31. The van der Waals surface area contributed by atoms with Crippen molar-refractivity contribution in [3.8, 4) is 0 Å². The SMILES string of the molecule is CC1COC(c2ccccc2Cl)CN1C(=O)CCCCC(=O)O. The number of benzene rings is 1. The number of halogens is 1. The molecule has 0 bridgehead atoms. The maximum Gasteiger partial charge on any atom is 0.303 e. The number of carboxylic acids is 1. The van der Waals surface area contributed by atoms with E-state index in [0.717, 1.165) is 5.56 Å². The number of aliphatic carboxylic acids is 1. The number of carbonyl (C=O) groups excluding carboxylic acids is 1. The van der Waals surface area contributed by atoms with E-state index in [2.05, 4.69) is 0 Å². The molecule has 1 aromatic rings. The molecule has 5 nitrogen and oxygen atoms in total. The molecule has 126 valence electrons. The highest BCUT2D eigenvalue weighted by Gasteiger charge is 2.30. The van der Waals surface area contributed by atoms with Crippen LogP contribution in [0, 0.1) is 0 Å². The van der Waals surface area contributed by atoms with Gasteiger partial charge in [0.1, 0.15) is 6.10 Å². The Labute approximate surface area is 141 Å². The number of unbranched alkanes of at least 4 members (excludes halogenated alkanes) is 1. The van der Waals surface area contributed by atoms with Crippen LogP contribution in [0.1, 0.15) is 44.3 Å². The average molecular weight is 340 g/mol. The highest BCUT2D eigenvalue weighted by atomic mass is 35.5. The van der Waals surface area contributed by atoms with Crippen LogP contribution >= 0.6 is 11.6 Å². The van der Waals surface area contributed by atoms with Crippen molar-refractivity contribution in [3.05, 3.63) is 34.9 Å². The Hall–Kier alpha value is -1.59. The largest absolute Gasteiger partial charge is 0.481 e. The minimum atomic E-state index is -0.823. The van der Waals surface area contributed by atoms with Crippen molar-refractivity contribution in [2.24, 2.45) is 0 Å². The summed E-state index contributed by atoms with van der Waals surface area (Å²) in [7, 11) is 0. The van der Waals surface area contributed by atoms with E-state index < -0.39 is 5.97 Å². The molecule has 1 saturated heterocycles. The molecule has 6 heteroatoms. The molecule has 0 spiro atoms. The standard InChI is InChI=1S/C17H22ClNO4/c1-12-11-23-15(13-6-2-3-7-14(13)18)10-19(12)16(20)8-4-5-9-17(21)22/h2-3,6-7,12,15H,4-5,8-11H2,1H3,(H,21,22). The Morgan fingerprint density at radius 2 is 2.00 bits per heavy atom. The molecule has 1 aromatic carbocycles. The fourth-order valence-electron chi connectivity index (χ4n) is 2.72. The fraction of sp³-hybridized carbons (Fsp3) is 0.529. The lowest BCUT2D eigenvalue weighted by Gasteiger charge is -2.38. The smallest absolute Gasteiger partial charge is 0.303 e. The van der Waals surface area contributed by atoms with Crippen LogP contribution in [0.25, 0.3) is 0 Å². The normalized spacial score (nSPS) is 21.2. The summed E-state index contributed by atoms with van der Waals surface area (Å²) in [5, 5.41) is 9.27. The van der Waals surface area contributed by atoms with Crippen molar-refractivity contribution in [2.75, 3.05) is 13.2 Å². The Morgan fingerprint density at radius 1 is 1.30 bits per heavy atom. The molecule has 2 unspecified atom stereocenters. The van der Waals surface area contributed by atoms with Crippen LogP contribution in [0.2, 0.25) is 5.02 Å². The van der Waals surface area contributed by atoms with Gasteiger partial charge in [-0.1, -0.05) is 29.8 Å². The molecule has 2 rings (SSSR count). The Balaban J connectivity index is 1.94. The number of carboxylic acid groups (broad SMARTS) is 1. The third-order valence-corrected chi connectivity index (χ3v) is 4.38. The van der Waals surface area contributed by atoms with Gasteiger partial charge < -0.3 is 14.7 Å². The van der Waals surface area contributed by atoms with Crippen LogP contribution in [0.15, 0.2) is 24.3 Å². The number of amides is 1. The first-order chi connectivity index (χ1) is 11.0. The lowest BCUT2D eigenvalue weighted by molar-refractivity contribution is -0.145. The highest BCUT2D eigenvalue weighted by Crippen LogP contribution is 2.30. The van der Waals surface area contributed by atoms with Gasteiger partial charge in [0, 0.05) is 23.4 Å². The third-order valence-electron chi connectivity index (χ3n) is 4.04. The average Bonchev–Trinajstić information content (AvgIpc) is 2.52. The molecule has 1 amide bonds. The number of ether oxygens (including phenoxy) is 1. The van der Waals surface area contributed by atoms with Crippen molar-refractivity contribution in [3.63, 3.8) is 0 Å². The second-order valence-corrected chi connectivity index (χ2v) is 6.25. The van der Waals surface area contributed by atoms with Crippen LogP contribution in [-0.4, -0.2) is 41.1 Å². The summed E-state index contributed by atoms with van der Waals surface area (Å²) in [6, 6.07) is 7.51. The van der Waals surface area contributed by atoms with E-state index in [0.29, 0.717) is 37.4 Å². The maximum absolute atomic E-state index is 12.4. The molecular formula is C17H22ClNO4. The minimum Gasteiger partial charge on any atom is -0.481 e. The van der Waals surface area contributed by atoms with Gasteiger partial charge in [-0.05, 0) is 25.8 Å². The van der Waals surface area contributed by atoms with Gasteiger partial charge in [-0.3, -0.25) is 9.59 Å². The first kappa shape index (κ1) is 17.8. The van der Waals surface area contributed by atoms with Crippen LogP contribution in [0.5, 0.6) is 0 Å². The molecule has 2 atom stereocenters. The van der Waals surface area contributed by atoms with Gasteiger partial charge in [0.05, 0.1) is 19.2 Å². The summed E-state index contributed by atoms with van der Waals surface area (Å²) in [4.78, 5) is 24.7. The van der Waals surface area contributed by atoms with Gasteiger partial charge in [0.2, 0.25) is 5.91 Å². The second-order valence-electron chi connectivity index (χ2n) is 5.84. The van der Waals surface area contributed by atoms with Gasteiger partial charge in [-0.2, -0.15) is 0 Å². The summed E-state index contributed by atoms with van der Waals surface area (Å²) in [5.41, 5.74) is 0.893. The monoisotopic (exact) mass is 339 g/mol. The molecule has 1 N–H and O–H groups in total. The Bertz CT molecular complexity index is 563. The number of rotatable bonds is 6. The molecular weight excluding hydrogens is 318 g/mol. The van der Waals surface area contributed by atoms with Crippen LogP contribution in [-0.2, 0) is 14.3 Å². The fourth-order valence-corrected chi connectivity index (χ4v) is 2.98. The lowest BCUT2D eigenvalue weighted by atomic mass is 10.0. The van der Waals surface area contributed by atoms with Gasteiger partial charge in [0.25, 0.3) is 0 Å². The quantitative estimate of drug-likeness (QED) is 0.808. The zero-order chi connectivity index (χ0) is 16.8. The molecule has 0 saturated carbocycles. The highest BCUT2D eigenvalue weighted by molar-refractivity contribution is 6.31. The first-order valence-electron chi connectivity index (χ1n) is 7.86. The zero-order valence-electron chi connectivity index (χ0n) is 13.2. The molecule has 1 aliphatic rings. The van der Waals surface area contributed by atoms with Crippen LogP contribution < -0.4 is 0 Å². The van der Waals surface area contributed by atoms with E-state index in [9.17, 15) is 9.59 Å². The predicted octanol–water partition coefficient (Wildman–Crippen LogP) is 3.27. The minimum absolute atomic E-state index is 0.0145. The predicted molar refractivity (Wildman–Crippen MR) is 87.4 cm³/mol. The summed E-state index contributed by atoms with van der Waals surface area (Å²) in [6.07, 6.45) is 1.36. The number of hydrogen-bond donors (Lipinski definition) is 1. The summed E-state index contributed by atoms with van der Waals surface area (Å²) in [6.45, 7) is 2.90. The molecule has 1 aliphatic heterocycles. The summed E-state index contributed by atoms with van der Waals surface area (Å²) >= 11 is 6.21. The molecule has 0 aliphatic carbocycles. The molecule has 0 aromatic heterocycles. The molecule has 1 fully saturated rings. The van der Waals surface area contributed by atoms with Crippen LogP contribution in [0.3, 0.4) is 0 Å². The number of hydrogen-bond acceptors (Lipinski definition) is 3. The Morgan fingerprint density at radius 3 is 2.70 bits per heavy atom. The van der Waals surface area contributed by atoms with E-state index in [1.807, 2.05) is 36.1 Å². The van der Waals surface area contributed by atoms with E-state index in [4.69, 9.17) is 21.4 Å². The topological polar surface area (TPSA) is 66.8 Å².